The summed E-state index contributed by atoms with van der Waals surface area (Å²) in [5, 5.41) is 13.4. The Morgan fingerprint density at radius 3 is 2.61 bits per heavy atom. The number of likely N-dealkylation sites (N-methyl/N-ethyl adjacent to an activating group) is 1. The molecule has 28 heavy (non-hydrogen) atoms. The molecule has 0 bridgehead atoms. The molecule has 1 fully saturated rings. The summed E-state index contributed by atoms with van der Waals surface area (Å²) in [4.78, 5) is 28.5. The number of amides is 2. The van der Waals surface area contributed by atoms with E-state index in [1.54, 1.807) is 13.1 Å². The van der Waals surface area contributed by atoms with Crippen LogP contribution in [0.3, 0.4) is 0 Å². The second-order valence-electron chi connectivity index (χ2n) is 6.32. The van der Waals surface area contributed by atoms with E-state index in [0.29, 0.717) is 18.7 Å². The number of carbonyl (C=O) groups excluding carboxylic acids is 2. The number of aryl methyl sites for hydroxylation is 1. The van der Waals surface area contributed by atoms with Crippen molar-refractivity contribution < 1.29 is 19.2 Å². The lowest BCUT2D eigenvalue weighted by Crippen LogP contribution is -2.24. The fourth-order valence-electron chi connectivity index (χ4n) is 2.73. The number of benzene rings is 1. The maximum Gasteiger partial charge on any atom is 0.268 e. The largest absolute Gasteiger partial charge is 0.383 e. The number of aliphatic hydroxyl groups is 1. The van der Waals surface area contributed by atoms with Crippen LogP contribution < -0.4 is 5.73 Å². The van der Waals surface area contributed by atoms with E-state index in [1.165, 1.54) is 22.5 Å². The van der Waals surface area contributed by atoms with Crippen LogP contribution >= 0.6 is 11.3 Å². The van der Waals surface area contributed by atoms with E-state index < -0.39 is 12.0 Å². The van der Waals surface area contributed by atoms with E-state index in [1.807, 2.05) is 31.2 Å². The number of carbonyl (C=O) groups is 2. The topological polar surface area (TPSA) is 123 Å². The van der Waals surface area contributed by atoms with Gasteiger partial charge in [0.15, 0.2) is 0 Å². The normalized spacial score (nSPS) is 16.0. The highest BCUT2D eigenvalue weighted by Crippen LogP contribution is 2.30. The third-order valence-electron chi connectivity index (χ3n) is 4.27. The summed E-state index contributed by atoms with van der Waals surface area (Å²) in [6, 6.07) is 9.55. The lowest BCUT2D eigenvalue weighted by molar-refractivity contribution is -0.133. The summed E-state index contributed by atoms with van der Waals surface area (Å²) < 4.78 is 4.84. The van der Waals surface area contributed by atoms with Gasteiger partial charge in [-0.05, 0) is 19.4 Å². The minimum atomic E-state index is -0.722. The van der Waals surface area contributed by atoms with E-state index in [-0.39, 0.29) is 5.91 Å². The van der Waals surface area contributed by atoms with Crippen molar-refractivity contribution in [3.05, 3.63) is 47.2 Å². The SMILES string of the molecule is CN1CCC(O)C1=O.Cc1sc(-c2cccc(-c3ccon3)c2)nc1C(N)=O. The van der Waals surface area contributed by atoms with Gasteiger partial charge in [-0.15, -0.1) is 11.3 Å². The molecule has 4 rings (SSSR count). The molecule has 2 amide bonds. The molecule has 0 radical (unpaired) electrons. The predicted octanol–water partition coefficient (Wildman–Crippen LogP) is 2.08. The van der Waals surface area contributed by atoms with E-state index in [2.05, 4.69) is 10.1 Å². The van der Waals surface area contributed by atoms with Gasteiger partial charge in [0.1, 0.15) is 28.8 Å². The first kappa shape index (κ1) is 19.7. The van der Waals surface area contributed by atoms with Crippen molar-refractivity contribution in [1.29, 1.82) is 0 Å². The summed E-state index contributed by atoms with van der Waals surface area (Å²) in [6.45, 7) is 2.53. The number of likely N-dealkylation sites (tertiary alicyclic amines) is 1. The lowest BCUT2D eigenvalue weighted by atomic mass is 10.1. The number of nitrogens with two attached hydrogens (primary N) is 1. The maximum atomic E-state index is 11.3. The zero-order valence-electron chi connectivity index (χ0n) is 15.5. The van der Waals surface area contributed by atoms with Crippen LogP contribution in [0.5, 0.6) is 0 Å². The summed E-state index contributed by atoms with van der Waals surface area (Å²) in [5.74, 6) is -0.650. The predicted molar refractivity (Wildman–Crippen MR) is 105 cm³/mol. The van der Waals surface area contributed by atoms with Gasteiger partial charge in [0.25, 0.3) is 11.8 Å². The Kier molecular flexibility index (Phi) is 5.86. The van der Waals surface area contributed by atoms with Crippen LogP contribution in [0, 0.1) is 6.92 Å². The molecule has 1 aliphatic rings. The van der Waals surface area contributed by atoms with Crippen LogP contribution in [0.2, 0.25) is 0 Å². The highest BCUT2D eigenvalue weighted by Gasteiger charge is 2.26. The molecule has 9 heteroatoms. The number of thiazole rings is 1. The highest BCUT2D eigenvalue weighted by atomic mass is 32.1. The zero-order valence-corrected chi connectivity index (χ0v) is 16.3. The molecule has 1 aromatic carbocycles. The molecule has 3 heterocycles. The van der Waals surface area contributed by atoms with Gasteiger partial charge in [-0.3, -0.25) is 9.59 Å². The fourth-order valence-corrected chi connectivity index (χ4v) is 3.64. The van der Waals surface area contributed by atoms with E-state index in [9.17, 15) is 9.59 Å². The molecule has 8 nitrogen and oxygen atoms in total. The fraction of sp³-hybridized carbons (Fsp3) is 0.263. The van der Waals surface area contributed by atoms with E-state index >= 15 is 0 Å². The van der Waals surface area contributed by atoms with Crippen molar-refractivity contribution in [1.82, 2.24) is 15.0 Å². The van der Waals surface area contributed by atoms with Crippen LogP contribution in [0.15, 0.2) is 41.1 Å². The Morgan fingerprint density at radius 1 is 1.36 bits per heavy atom. The Morgan fingerprint density at radius 2 is 2.11 bits per heavy atom. The summed E-state index contributed by atoms with van der Waals surface area (Å²) in [5.41, 5.74) is 8.24. The number of rotatable bonds is 3. The van der Waals surface area contributed by atoms with Crippen molar-refractivity contribution in [2.24, 2.45) is 5.73 Å². The Bertz CT molecular complexity index is 972. The number of hydrogen-bond acceptors (Lipinski definition) is 7. The number of nitrogens with zero attached hydrogens (tertiary/aromatic N) is 3. The van der Waals surface area contributed by atoms with Crippen molar-refractivity contribution in [2.45, 2.75) is 19.4 Å². The molecule has 1 unspecified atom stereocenters. The first-order chi connectivity index (χ1) is 13.4. The molecule has 0 spiro atoms. The summed E-state index contributed by atoms with van der Waals surface area (Å²) in [6.07, 6.45) is 1.40. The Labute approximate surface area is 165 Å². The summed E-state index contributed by atoms with van der Waals surface area (Å²) >= 11 is 1.45. The van der Waals surface area contributed by atoms with Gasteiger partial charge >= 0.3 is 0 Å². The lowest BCUT2D eigenvalue weighted by Gasteiger charge is -2.04. The van der Waals surface area contributed by atoms with Crippen molar-refractivity contribution in [3.63, 3.8) is 0 Å². The van der Waals surface area contributed by atoms with Gasteiger partial charge in [0.05, 0.1) is 0 Å². The van der Waals surface area contributed by atoms with E-state index in [0.717, 1.165) is 26.7 Å². The average Bonchev–Trinajstić information content (AvgIpc) is 3.41. The molecule has 1 saturated heterocycles. The van der Waals surface area contributed by atoms with Crippen molar-refractivity contribution in [3.8, 4) is 21.8 Å². The first-order valence-electron chi connectivity index (χ1n) is 8.58. The van der Waals surface area contributed by atoms with Crippen molar-refractivity contribution >= 4 is 23.2 Å². The monoisotopic (exact) mass is 400 g/mol. The molecule has 1 aliphatic heterocycles. The molecule has 1 atom stereocenters. The van der Waals surface area contributed by atoms with E-state index in [4.69, 9.17) is 15.4 Å². The third kappa shape index (κ3) is 4.26. The molecule has 2 aromatic heterocycles. The maximum absolute atomic E-state index is 11.3. The second kappa shape index (κ2) is 8.32. The number of aliphatic hydroxyl groups excluding tert-OH is 1. The minimum absolute atomic E-state index is 0.148. The first-order valence-corrected chi connectivity index (χ1v) is 9.40. The zero-order chi connectivity index (χ0) is 20.3. The molecule has 0 saturated carbocycles. The smallest absolute Gasteiger partial charge is 0.268 e. The molecular weight excluding hydrogens is 380 g/mol. The molecule has 146 valence electrons. The quantitative estimate of drug-likeness (QED) is 0.694. The highest BCUT2D eigenvalue weighted by molar-refractivity contribution is 7.15. The molecular formula is C19H20N4O4S. The van der Waals surface area contributed by atoms with Crippen LogP contribution in [0.1, 0.15) is 21.8 Å². The van der Waals surface area contributed by atoms with Gasteiger partial charge in [0.2, 0.25) is 0 Å². The standard InChI is InChI=1S/C14H11N3O2S.C5H9NO2/c1-8-12(13(15)18)16-14(20-8)10-4-2-3-9(7-10)11-5-6-19-17-11;1-6-3-2-4(7)5(6)8/h2-7H,1H3,(H2,15,18);4,7H,2-3H2,1H3. The molecule has 0 aliphatic carbocycles. The van der Waals surface area contributed by atoms with Crippen LogP contribution in [0.4, 0.5) is 0 Å². The van der Waals surface area contributed by atoms with Crippen LogP contribution in [0.25, 0.3) is 21.8 Å². The van der Waals surface area contributed by atoms with Gasteiger partial charge in [-0.25, -0.2) is 4.98 Å². The van der Waals surface area contributed by atoms with Crippen LogP contribution in [-0.2, 0) is 4.79 Å². The number of hydrogen-bond donors (Lipinski definition) is 2. The number of primary amides is 1. The minimum Gasteiger partial charge on any atom is -0.383 e. The van der Waals surface area contributed by atoms with Crippen LogP contribution in [-0.4, -0.2) is 51.7 Å². The summed E-state index contributed by atoms with van der Waals surface area (Å²) in [7, 11) is 1.69. The molecule has 3 aromatic rings. The van der Waals surface area contributed by atoms with Gasteiger partial charge in [0, 0.05) is 35.7 Å². The van der Waals surface area contributed by atoms with Crippen molar-refractivity contribution in [2.75, 3.05) is 13.6 Å². The van der Waals surface area contributed by atoms with Gasteiger partial charge < -0.3 is 20.3 Å². The second-order valence-corrected chi connectivity index (χ2v) is 7.52. The third-order valence-corrected chi connectivity index (χ3v) is 5.29. The number of aromatic nitrogens is 2. The Hall–Kier alpha value is -3.04. The average molecular weight is 400 g/mol. The van der Waals surface area contributed by atoms with Gasteiger partial charge in [-0.2, -0.15) is 0 Å². The molecule has 3 N–H and O–H groups in total. The Balaban J connectivity index is 0.000000236. The van der Waals surface area contributed by atoms with Gasteiger partial charge in [-0.1, -0.05) is 23.4 Å².